The van der Waals surface area contributed by atoms with Gasteiger partial charge in [-0.25, -0.2) is 0 Å². The van der Waals surface area contributed by atoms with Crippen LogP contribution in [0.25, 0.3) is 0 Å². The van der Waals surface area contributed by atoms with Crippen LogP contribution in [0.15, 0.2) is 36.4 Å². The van der Waals surface area contributed by atoms with Crippen molar-refractivity contribution < 1.29 is 33.3 Å². The van der Waals surface area contributed by atoms with Gasteiger partial charge in [-0.1, -0.05) is 12.8 Å². The van der Waals surface area contributed by atoms with Gasteiger partial charge in [-0.15, -0.1) is 0 Å². The molecule has 1 atom stereocenters. The Morgan fingerprint density at radius 3 is 2.50 bits per heavy atom. The summed E-state index contributed by atoms with van der Waals surface area (Å²) in [7, 11) is 2.98. The van der Waals surface area contributed by atoms with E-state index in [0.717, 1.165) is 37.2 Å². The highest BCUT2D eigenvalue weighted by Gasteiger charge is 2.39. The Hall–Kier alpha value is -4.52. The topological polar surface area (TPSA) is 168 Å². The maximum Gasteiger partial charge on any atom is 0.273 e. The number of ether oxygens (including phenoxy) is 4. The Morgan fingerprint density at radius 1 is 1.07 bits per heavy atom. The van der Waals surface area contributed by atoms with Crippen molar-refractivity contribution in [3.63, 3.8) is 0 Å². The largest absolute Gasteiger partial charge is 0.497 e. The Kier molecular flexibility index (Phi) is 7.65. The summed E-state index contributed by atoms with van der Waals surface area (Å²) in [5.41, 5.74) is 11.9. The second kappa shape index (κ2) is 11.3. The third kappa shape index (κ3) is 5.07. The molecule has 2 aliphatic rings. The predicted molar refractivity (Wildman–Crippen MR) is 147 cm³/mol. The molecular weight excluding hydrogens is 538 g/mol. The maximum absolute atomic E-state index is 14.4. The Balaban J connectivity index is 1.71. The van der Waals surface area contributed by atoms with Gasteiger partial charge in [0.05, 0.1) is 19.9 Å². The fraction of sp³-hybridized carbons (Fsp3) is 0.333. The normalized spacial score (nSPS) is 14.9. The van der Waals surface area contributed by atoms with Crippen molar-refractivity contribution in [3.05, 3.63) is 52.5 Å². The Morgan fingerprint density at radius 2 is 1.82 bits per heavy atom. The van der Waals surface area contributed by atoms with Crippen molar-refractivity contribution >= 4 is 40.6 Å². The van der Waals surface area contributed by atoms with E-state index in [-0.39, 0.29) is 29.1 Å². The van der Waals surface area contributed by atoms with Gasteiger partial charge in [0.15, 0.2) is 17.2 Å². The number of amides is 3. The molecule has 1 fully saturated rings. The monoisotopic (exact) mass is 567 g/mol. The second-order valence-electron chi connectivity index (χ2n) is 9.35. The SMILES string of the molecule is COc1ccc(OC)c([C@H](C(=O)NC2CCCC2)N(C(=O)c2snc(C(N)=O)c2N)c2ccc3c(c2)OCO3)c1. The van der Waals surface area contributed by atoms with E-state index in [2.05, 4.69) is 9.69 Å². The van der Waals surface area contributed by atoms with E-state index in [4.69, 9.17) is 30.4 Å². The molecular formula is C27H29N5O7S. The fourth-order valence-corrected chi connectivity index (χ4v) is 5.70. The number of nitrogens with zero attached hydrogens (tertiary/aromatic N) is 2. The molecule has 0 spiro atoms. The zero-order chi connectivity index (χ0) is 28.4. The summed E-state index contributed by atoms with van der Waals surface area (Å²) in [6.45, 7) is 0.0196. The molecule has 2 heterocycles. The number of fused-ring (bicyclic) bond motifs is 1. The number of methoxy groups -OCH3 is 2. The van der Waals surface area contributed by atoms with E-state index in [9.17, 15) is 14.4 Å². The van der Waals surface area contributed by atoms with Crippen molar-refractivity contribution in [2.45, 2.75) is 37.8 Å². The Bertz CT molecular complexity index is 1450. The number of nitrogens with two attached hydrogens (primary N) is 2. The Labute approximate surface area is 234 Å². The van der Waals surface area contributed by atoms with Crippen LogP contribution in [0.2, 0.25) is 0 Å². The molecule has 0 saturated heterocycles. The van der Waals surface area contributed by atoms with E-state index in [1.807, 2.05) is 0 Å². The molecule has 12 nitrogen and oxygen atoms in total. The summed E-state index contributed by atoms with van der Waals surface area (Å²) in [4.78, 5) is 41.6. The molecule has 210 valence electrons. The van der Waals surface area contributed by atoms with Crippen molar-refractivity contribution in [3.8, 4) is 23.0 Å². The zero-order valence-electron chi connectivity index (χ0n) is 22.0. The lowest BCUT2D eigenvalue weighted by atomic mass is 10.00. The number of nitrogens with one attached hydrogen (secondary N) is 1. The molecule has 5 rings (SSSR count). The number of carbonyl (C=O) groups excluding carboxylic acids is 3. The minimum Gasteiger partial charge on any atom is -0.497 e. The van der Waals surface area contributed by atoms with Crippen LogP contribution in [0.5, 0.6) is 23.0 Å². The molecule has 2 aromatic carbocycles. The van der Waals surface area contributed by atoms with Crippen LogP contribution in [0, 0.1) is 0 Å². The molecule has 0 bridgehead atoms. The molecule has 3 amide bonds. The first-order valence-corrected chi connectivity index (χ1v) is 13.4. The summed E-state index contributed by atoms with van der Waals surface area (Å²) in [5, 5.41) is 3.11. The number of hydrogen-bond acceptors (Lipinski definition) is 10. The van der Waals surface area contributed by atoms with Crippen LogP contribution in [0.1, 0.15) is 57.4 Å². The average molecular weight is 568 g/mol. The summed E-state index contributed by atoms with van der Waals surface area (Å²) >= 11 is 0.725. The van der Waals surface area contributed by atoms with Crippen molar-refractivity contribution in [1.29, 1.82) is 0 Å². The number of anilines is 2. The second-order valence-corrected chi connectivity index (χ2v) is 10.1. The lowest BCUT2D eigenvalue weighted by molar-refractivity contribution is -0.123. The smallest absolute Gasteiger partial charge is 0.273 e. The first-order chi connectivity index (χ1) is 19.3. The quantitative estimate of drug-likeness (QED) is 0.352. The summed E-state index contributed by atoms with van der Waals surface area (Å²) in [5.74, 6) is -0.247. The highest BCUT2D eigenvalue weighted by atomic mass is 32.1. The van der Waals surface area contributed by atoms with E-state index in [1.165, 1.54) is 19.1 Å². The standard InChI is InChI=1S/C27H29N5O7S/c1-36-16-8-10-18(37-2)17(12-16)23(26(34)30-14-5-3-4-6-14)32(15-7-9-19-20(11-15)39-13-38-19)27(35)24-21(28)22(25(29)33)31-40-24/h7-12,14,23H,3-6,13,28H2,1-2H3,(H2,29,33)(H,30,34)/t23-/m1/s1. The third-order valence-electron chi connectivity index (χ3n) is 6.95. The van der Waals surface area contributed by atoms with Crippen LogP contribution in [-0.2, 0) is 4.79 Å². The van der Waals surface area contributed by atoms with E-state index in [1.54, 1.807) is 36.4 Å². The summed E-state index contributed by atoms with van der Waals surface area (Å²) in [6, 6.07) is 8.62. The number of hydrogen-bond donors (Lipinski definition) is 3. The number of benzene rings is 2. The van der Waals surface area contributed by atoms with Gasteiger partial charge in [0.2, 0.25) is 12.7 Å². The molecule has 1 aromatic heterocycles. The predicted octanol–water partition coefficient (Wildman–Crippen LogP) is 3.02. The molecule has 0 unspecified atom stereocenters. The fourth-order valence-electron chi connectivity index (χ4n) is 4.96. The van der Waals surface area contributed by atoms with E-state index < -0.39 is 23.8 Å². The molecule has 40 heavy (non-hydrogen) atoms. The van der Waals surface area contributed by atoms with Gasteiger partial charge >= 0.3 is 0 Å². The lowest BCUT2D eigenvalue weighted by Crippen LogP contribution is -2.46. The number of nitrogen functional groups attached to an aromatic ring is 1. The van der Waals surface area contributed by atoms with Crippen LogP contribution >= 0.6 is 11.5 Å². The first kappa shape index (κ1) is 27.1. The van der Waals surface area contributed by atoms with E-state index >= 15 is 0 Å². The van der Waals surface area contributed by atoms with Gasteiger partial charge in [-0.3, -0.25) is 19.3 Å². The third-order valence-corrected chi connectivity index (χ3v) is 7.80. The first-order valence-electron chi connectivity index (χ1n) is 12.6. The molecule has 0 radical (unpaired) electrons. The van der Waals surface area contributed by atoms with E-state index in [0.29, 0.717) is 34.2 Å². The maximum atomic E-state index is 14.4. The number of rotatable bonds is 9. The molecule has 1 aliphatic carbocycles. The number of carbonyl (C=O) groups is 3. The molecule has 5 N–H and O–H groups in total. The van der Waals surface area contributed by atoms with Gasteiger partial charge < -0.3 is 35.7 Å². The van der Waals surface area contributed by atoms with Crippen LogP contribution < -0.4 is 40.6 Å². The van der Waals surface area contributed by atoms with Gasteiger partial charge in [-0.05, 0) is 54.7 Å². The summed E-state index contributed by atoms with van der Waals surface area (Å²) in [6.07, 6.45) is 3.65. The molecule has 1 saturated carbocycles. The lowest BCUT2D eigenvalue weighted by Gasteiger charge is -2.33. The van der Waals surface area contributed by atoms with Gasteiger partial charge in [0.1, 0.15) is 22.4 Å². The number of aromatic nitrogens is 1. The highest BCUT2D eigenvalue weighted by molar-refractivity contribution is 7.09. The minimum absolute atomic E-state index is 0.0196. The molecule has 1 aliphatic heterocycles. The zero-order valence-corrected chi connectivity index (χ0v) is 22.8. The molecule has 3 aromatic rings. The number of primary amides is 1. The van der Waals surface area contributed by atoms with Crippen molar-refractivity contribution in [1.82, 2.24) is 9.69 Å². The highest BCUT2D eigenvalue weighted by Crippen LogP contribution is 2.42. The minimum atomic E-state index is -1.24. The average Bonchev–Trinajstić information content (AvgIpc) is 3.72. The van der Waals surface area contributed by atoms with Gasteiger partial charge in [0, 0.05) is 23.4 Å². The summed E-state index contributed by atoms with van der Waals surface area (Å²) < 4.78 is 26.1. The molecule has 13 heteroatoms. The van der Waals surface area contributed by atoms with Crippen molar-refractivity contribution in [2.75, 3.05) is 31.6 Å². The van der Waals surface area contributed by atoms with Crippen LogP contribution in [0.3, 0.4) is 0 Å². The van der Waals surface area contributed by atoms with Gasteiger partial charge in [-0.2, -0.15) is 4.37 Å². The van der Waals surface area contributed by atoms with Crippen LogP contribution in [0.4, 0.5) is 11.4 Å². The van der Waals surface area contributed by atoms with Crippen molar-refractivity contribution in [2.24, 2.45) is 5.73 Å². The van der Waals surface area contributed by atoms with Gasteiger partial charge in [0.25, 0.3) is 11.8 Å². The van der Waals surface area contributed by atoms with Crippen LogP contribution in [-0.4, -0.2) is 49.1 Å².